The van der Waals surface area contributed by atoms with Crippen LogP contribution < -0.4 is 14.4 Å². The van der Waals surface area contributed by atoms with Crippen LogP contribution in [0.5, 0.6) is 5.75 Å². The number of halogens is 1. The lowest BCUT2D eigenvalue weighted by molar-refractivity contribution is -0.141. The summed E-state index contributed by atoms with van der Waals surface area (Å²) in [5.74, 6) is 0.268. The van der Waals surface area contributed by atoms with Crippen LogP contribution in [0.4, 0.5) is 5.69 Å². The maximum Gasteiger partial charge on any atom is 0.242 e. The molecule has 1 atom stereocenters. The van der Waals surface area contributed by atoms with Crippen molar-refractivity contribution in [1.82, 2.24) is 10.2 Å². The molecule has 0 heterocycles. The smallest absolute Gasteiger partial charge is 0.242 e. The van der Waals surface area contributed by atoms with E-state index in [9.17, 15) is 18.0 Å². The van der Waals surface area contributed by atoms with Crippen LogP contribution in [0, 0.1) is 0 Å². The molecule has 8 nitrogen and oxygen atoms in total. The Bertz CT molecular complexity index is 1080. The zero-order valence-electron chi connectivity index (χ0n) is 20.7. The van der Waals surface area contributed by atoms with Crippen molar-refractivity contribution < 1.29 is 22.7 Å². The molecule has 0 aromatic heterocycles. The van der Waals surface area contributed by atoms with Crippen LogP contribution in [-0.2, 0) is 26.2 Å². The first-order valence-electron chi connectivity index (χ1n) is 11.5. The predicted octanol–water partition coefficient (Wildman–Crippen LogP) is 3.84. The van der Waals surface area contributed by atoms with Gasteiger partial charge >= 0.3 is 0 Å². The molecule has 192 valence electrons. The summed E-state index contributed by atoms with van der Waals surface area (Å²) in [6.07, 6.45) is 1.96. The summed E-state index contributed by atoms with van der Waals surface area (Å²) in [5, 5.41) is 3.31. The Hall–Kier alpha value is -2.78. The van der Waals surface area contributed by atoms with Crippen molar-refractivity contribution in [1.29, 1.82) is 0 Å². The molecule has 0 radical (unpaired) electrons. The Morgan fingerprint density at radius 2 is 1.69 bits per heavy atom. The summed E-state index contributed by atoms with van der Waals surface area (Å²) >= 11 is 5.93. The van der Waals surface area contributed by atoms with Gasteiger partial charge in [0.2, 0.25) is 21.8 Å². The molecule has 0 aliphatic heterocycles. The molecule has 0 aliphatic carbocycles. The van der Waals surface area contributed by atoms with Crippen molar-refractivity contribution in [3.05, 3.63) is 59.1 Å². The quantitative estimate of drug-likeness (QED) is 0.430. The Kier molecular flexibility index (Phi) is 10.9. The van der Waals surface area contributed by atoms with Gasteiger partial charge in [-0.2, -0.15) is 0 Å². The largest absolute Gasteiger partial charge is 0.497 e. The van der Waals surface area contributed by atoms with Crippen LogP contribution in [0.2, 0.25) is 5.02 Å². The summed E-state index contributed by atoms with van der Waals surface area (Å²) in [6.45, 7) is 4.53. The average Bonchev–Trinajstić information content (AvgIpc) is 2.82. The SMILES string of the molecule is CCNC(=O)[C@@H](CC)N(Cc1ccc(OC)cc1)C(=O)CCCN(c1ccc(Cl)cc1)S(C)(=O)=O. The normalized spacial score (nSPS) is 12.0. The van der Waals surface area contributed by atoms with Gasteiger partial charge in [0, 0.05) is 31.1 Å². The van der Waals surface area contributed by atoms with Crippen molar-refractivity contribution in [3.8, 4) is 5.75 Å². The number of hydrogen-bond donors (Lipinski definition) is 1. The third kappa shape index (κ3) is 8.43. The molecule has 0 fully saturated rings. The summed E-state index contributed by atoms with van der Waals surface area (Å²) in [6, 6.07) is 13.2. The number of carbonyl (C=O) groups excluding carboxylic acids is 2. The standard InChI is InChI=1S/C25H34ClN3O5S/c1-5-23(25(31)27-6-2)28(18-19-9-15-22(34-3)16-10-19)24(30)8-7-17-29(35(4,32)33)21-13-11-20(26)12-14-21/h9-16,23H,5-8,17-18H2,1-4H3,(H,27,31)/t23-/m1/s1. The number of nitrogens with one attached hydrogen (secondary N) is 1. The molecule has 10 heteroatoms. The maximum atomic E-state index is 13.3. The molecule has 0 saturated heterocycles. The maximum absolute atomic E-state index is 13.3. The van der Waals surface area contributed by atoms with Crippen molar-refractivity contribution in [3.63, 3.8) is 0 Å². The Labute approximate surface area is 213 Å². The fraction of sp³-hybridized carbons (Fsp3) is 0.440. The first-order chi connectivity index (χ1) is 16.6. The number of amides is 2. The van der Waals surface area contributed by atoms with Gasteiger partial charge in [-0.3, -0.25) is 13.9 Å². The monoisotopic (exact) mass is 523 g/mol. The highest BCUT2D eigenvalue weighted by Gasteiger charge is 2.28. The number of sulfonamides is 1. The number of carbonyl (C=O) groups is 2. The van der Waals surface area contributed by atoms with Crippen LogP contribution in [0.15, 0.2) is 48.5 Å². The number of rotatable bonds is 13. The Morgan fingerprint density at radius 3 is 2.20 bits per heavy atom. The van der Waals surface area contributed by atoms with E-state index in [0.717, 1.165) is 11.8 Å². The van der Waals surface area contributed by atoms with Gasteiger partial charge in [-0.25, -0.2) is 8.42 Å². The van der Waals surface area contributed by atoms with E-state index in [1.807, 2.05) is 26.0 Å². The highest BCUT2D eigenvalue weighted by atomic mass is 35.5. The van der Waals surface area contributed by atoms with Gasteiger partial charge < -0.3 is 15.0 Å². The molecule has 0 spiro atoms. The molecule has 0 saturated carbocycles. The number of anilines is 1. The lowest BCUT2D eigenvalue weighted by atomic mass is 10.1. The molecule has 0 unspecified atom stereocenters. The first kappa shape index (κ1) is 28.5. The number of methoxy groups -OCH3 is 1. The minimum atomic E-state index is -3.56. The van der Waals surface area contributed by atoms with Crippen molar-refractivity contribution >= 4 is 39.1 Å². The second-order valence-electron chi connectivity index (χ2n) is 8.10. The predicted molar refractivity (Wildman–Crippen MR) is 139 cm³/mol. The minimum absolute atomic E-state index is 0.0890. The van der Waals surface area contributed by atoms with Crippen molar-refractivity contribution in [2.45, 2.75) is 45.7 Å². The van der Waals surface area contributed by atoms with E-state index in [-0.39, 0.29) is 31.3 Å². The molecular formula is C25H34ClN3O5S. The van der Waals surface area contributed by atoms with Gasteiger partial charge in [0.1, 0.15) is 11.8 Å². The van der Waals surface area contributed by atoms with Crippen LogP contribution in [0.25, 0.3) is 0 Å². The number of ether oxygens (including phenoxy) is 1. The lowest BCUT2D eigenvalue weighted by Crippen LogP contribution is -2.49. The molecule has 2 rings (SSSR count). The fourth-order valence-corrected chi connectivity index (χ4v) is 4.84. The van der Waals surface area contributed by atoms with Gasteiger partial charge in [0.15, 0.2) is 0 Å². The molecular weight excluding hydrogens is 490 g/mol. The van der Waals surface area contributed by atoms with Crippen LogP contribution in [-0.4, -0.2) is 57.6 Å². The molecule has 1 N–H and O–H groups in total. The van der Waals surface area contributed by atoms with E-state index in [1.165, 1.54) is 4.31 Å². The van der Waals surface area contributed by atoms with Gasteiger partial charge in [-0.1, -0.05) is 30.7 Å². The molecule has 2 aromatic carbocycles. The van der Waals surface area contributed by atoms with E-state index < -0.39 is 16.1 Å². The van der Waals surface area contributed by atoms with Gasteiger partial charge in [-0.05, 0) is 61.7 Å². The third-order valence-electron chi connectivity index (χ3n) is 5.52. The van der Waals surface area contributed by atoms with E-state index in [2.05, 4.69) is 5.32 Å². The van der Waals surface area contributed by atoms with E-state index in [0.29, 0.717) is 35.8 Å². The second kappa shape index (κ2) is 13.3. The zero-order valence-corrected chi connectivity index (χ0v) is 22.2. The van der Waals surface area contributed by atoms with Crippen LogP contribution >= 0.6 is 11.6 Å². The molecule has 2 aromatic rings. The van der Waals surface area contributed by atoms with E-state index >= 15 is 0 Å². The lowest BCUT2D eigenvalue weighted by Gasteiger charge is -2.31. The fourth-order valence-electron chi connectivity index (χ4n) is 3.75. The van der Waals surface area contributed by atoms with Crippen molar-refractivity contribution in [2.75, 3.05) is 30.8 Å². The number of benzene rings is 2. The highest BCUT2D eigenvalue weighted by Crippen LogP contribution is 2.22. The third-order valence-corrected chi connectivity index (χ3v) is 6.96. The van der Waals surface area contributed by atoms with Crippen LogP contribution in [0.1, 0.15) is 38.7 Å². The minimum Gasteiger partial charge on any atom is -0.497 e. The summed E-state index contributed by atoms with van der Waals surface area (Å²) in [5.41, 5.74) is 1.34. The number of likely N-dealkylation sites (N-methyl/N-ethyl adjacent to an activating group) is 1. The van der Waals surface area contributed by atoms with E-state index in [4.69, 9.17) is 16.3 Å². The van der Waals surface area contributed by atoms with Gasteiger partial charge in [0.05, 0.1) is 19.1 Å². The van der Waals surface area contributed by atoms with Crippen molar-refractivity contribution in [2.24, 2.45) is 0 Å². The summed E-state index contributed by atoms with van der Waals surface area (Å²) in [7, 11) is -1.98. The van der Waals surface area contributed by atoms with E-state index in [1.54, 1.807) is 48.4 Å². The second-order valence-corrected chi connectivity index (χ2v) is 10.4. The summed E-state index contributed by atoms with van der Waals surface area (Å²) < 4.78 is 31.2. The number of hydrogen-bond acceptors (Lipinski definition) is 5. The first-order valence-corrected chi connectivity index (χ1v) is 13.8. The van der Waals surface area contributed by atoms with Crippen LogP contribution in [0.3, 0.4) is 0 Å². The average molecular weight is 524 g/mol. The molecule has 0 bridgehead atoms. The molecule has 35 heavy (non-hydrogen) atoms. The zero-order chi connectivity index (χ0) is 26.0. The topological polar surface area (TPSA) is 96.0 Å². The van der Waals surface area contributed by atoms with Gasteiger partial charge in [0.25, 0.3) is 0 Å². The van der Waals surface area contributed by atoms with Gasteiger partial charge in [-0.15, -0.1) is 0 Å². The highest BCUT2D eigenvalue weighted by molar-refractivity contribution is 7.92. The Balaban J connectivity index is 2.19. The molecule has 2 amide bonds. The number of nitrogens with zero attached hydrogens (tertiary/aromatic N) is 2. The summed E-state index contributed by atoms with van der Waals surface area (Å²) in [4.78, 5) is 27.6. The molecule has 0 aliphatic rings. The Morgan fingerprint density at radius 1 is 1.06 bits per heavy atom.